The lowest BCUT2D eigenvalue weighted by Gasteiger charge is -2.14. The molecule has 1 atom stereocenters. The van der Waals surface area contributed by atoms with Gasteiger partial charge < -0.3 is 10.1 Å². The molecule has 0 bridgehead atoms. The molecule has 3 nitrogen and oxygen atoms in total. The van der Waals surface area contributed by atoms with Crippen molar-refractivity contribution in [3.05, 3.63) is 65.2 Å². The molecule has 0 spiro atoms. The molecular weight excluding hydrogens is 298 g/mol. The molecule has 1 N–H and O–H groups in total. The molecule has 1 unspecified atom stereocenters. The van der Waals surface area contributed by atoms with E-state index in [1.807, 2.05) is 25.1 Å². The zero-order valence-electron chi connectivity index (χ0n) is 12.6. The summed E-state index contributed by atoms with van der Waals surface area (Å²) in [7, 11) is 0. The number of amides is 1. The van der Waals surface area contributed by atoms with E-state index in [1.165, 1.54) is 5.56 Å². The number of ether oxygens (including phenoxy) is 1. The predicted octanol–water partition coefficient (Wildman–Crippen LogP) is 3.86. The highest BCUT2D eigenvalue weighted by molar-refractivity contribution is 6.30. The van der Waals surface area contributed by atoms with Crippen molar-refractivity contribution in [2.24, 2.45) is 0 Å². The lowest BCUT2D eigenvalue weighted by atomic mass is 10.1. The molecule has 0 radical (unpaired) electrons. The van der Waals surface area contributed by atoms with Gasteiger partial charge in [-0.15, -0.1) is 0 Å². The highest BCUT2D eigenvalue weighted by Crippen LogP contribution is 2.16. The molecule has 0 fully saturated rings. The van der Waals surface area contributed by atoms with E-state index in [1.54, 1.807) is 24.3 Å². The number of benzene rings is 2. The van der Waals surface area contributed by atoms with Gasteiger partial charge in [0, 0.05) is 11.1 Å². The zero-order chi connectivity index (χ0) is 15.8. The number of rotatable bonds is 7. The fourth-order valence-corrected chi connectivity index (χ4v) is 2.30. The number of carbonyl (C=O) groups is 1. The molecule has 22 heavy (non-hydrogen) atoms. The Hall–Kier alpha value is -2.00. The van der Waals surface area contributed by atoms with Gasteiger partial charge in [0.1, 0.15) is 5.75 Å². The molecule has 0 aliphatic rings. The largest absolute Gasteiger partial charge is 0.484 e. The summed E-state index contributed by atoms with van der Waals surface area (Å²) in [6, 6.07) is 17.4. The van der Waals surface area contributed by atoms with Gasteiger partial charge >= 0.3 is 0 Å². The Balaban J connectivity index is 1.70. The van der Waals surface area contributed by atoms with E-state index < -0.39 is 0 Å². The second-order valence-corrected chi connectivity index (χ2v) is 5.68. The monoisotopic (exact) mass is 317 g/mol. The minimum absolute atomic E-state index is 0.00395. The molecule has 2 aromatic carbocycles. The summed E-state index contributed by atoms with van der Waals surface area (Å²) in [4.78, 5) is 11.9. The third-order valence-corrected chi connectivity index (χ3v) is 3.52. The molecule has 0 saturated heterocycles. The molecular formula is C18H20ClNO2. The SMILES string of the molecule is CC(CCc1ccccc1)NC(=O)COc1cccc(Cl)c1. The van der Waals surface area contributed by atoms with Crippen molar-refractivity contribution in [1.82, 2.24) is 5.32 Å². The van der Waals surface area contributed by atoms with Crippen molar-refractivity contribution in [1.29, 1.82) is 0 Å². The van der Waals surface area contributed by atoms with Crippen molar-refractivity contribution < 1.29 is 9.53 Å². The van der Waals surface area contributed by atoms with Gasteiger partial charge in [0.05, 0.1) is 0 Å². The second-order valence-electron chi connectivity index (χ2n) is 5.24. The number of carbonyl (C=O) groups excluding carboxylic acids is 1. The summed E-state index contributed by atoms with van der Waals surface area (Å²) in [6.07, 6.45) is 1.84. The van der Waals surface area contributed by atoms with Gasteiger partial charge in [-0.2, -0.15) is 0 Å². The minimum Gasteiger partial charge on any atom is -0.484 e. The highest BCUT2D eigenvalue weighted by Gasteiger charge is 2.08. The fourth-order valence-electron chi connectivity index (χ4n) is 2.12. The Morgan fingerprint density at radius 2 is 1.95 bits per heavy atom. The third-order valence-electron chi connectivity index (χ3n) is 3.28. The van der Waals surface area contributed by atoms with Crippen molar-refractivity contribution in [3.8, 4) is 5.75 Å². The second kappa shape index (κ2) is 8.44. The van der Waals surface area contributed by atoms with Crippen LogP contribution >= 0.6 is 11.6 Å². The first kappa shape index (κ1) is 16.4. The summed E-state index contributed by atoms with van der Waals surface area (Å²) < 4.78 is 5.42. The van der Waals surface area contributed by atoms with Crippen LogP contribution in [0.15, 0.2) is 54.6 Å². The quantitative estimate of drug-likeness (QED) is 0.842. The van der Waals surface area contributed by atoms with E-state index in [-0.39, 0.29) is 18.6 Å². The van der Waals surface area contributed by atoms with Crippen molar-refractivity contribution >= 4 is 17.5 Å². The average Bonchev–Trinajstić information content (AvgIpc) is 2.52. The van der Waals surface area contributed by atoms with E-state index in [2.05, 4.69) is 17.4 Å². The van der Waals surface area contributed by atoms with E-state index in [4.69, 9.17) is 16.3 Å². The maximum Gasteiger partial charge on any atom is 0.258 e. The van der Waals surface area contributed by atoms with Crippen molar-refractivity contribution in [2.75, 3.05) is 6.61 Å². The first-order valence-electron chi connectivity index (χ1n) is 7.35. The van der Waals surface area contributed by atoms with Crippen LogP contribution in [0.4, 0.5) is 0 Å². The van der Waals surface area contributed by atoms with Crippen LogP contribution in [0, 0.1) is 0 Å². The summed E-state index contributed by atoms with van der Waals surface area (Å²) in [5.74, 6) is 0.472. The smallest absolute Gasteiger partial charge is 0.258 e. The fraction of sp³-hybridized carbons (Fsp3) is 0.278. The number of nitrogens with one attached hydrogen (secondary N) is 1. The van der Waals surface area contributed by atoms with Crippen LogP contribution in [0.1, 0.15) is 18.9 Å². The number of aryl methyl sites for hydroxylation is 1. The lowest BCUT2D eigenvalue weighted by Crippen LogP contribution is -2.36. The molecule has 0 aromatic heterocycles. The molecule has 0 heterocycles. The van der Waals surface area contributed by atoms with Gasteiger partial charge in [-0.05, 0) is 43.5 Å². The predicted molar refractivity (Wildman–Crippen MR) is 89.3 cm³/mol. The lowest BCUT2D eigenvalue weighted by molar-refractivity contribution is -0.123. The maximum atomic E-state index is 11.9. The van der Waals surface area contributed by atoms with Gasteiger partial charge in [0.2, 0.25) is 0 Å². The van der Waals surface area contributed by atoms with Crippen LogP contribution in [0.5, 0.6) is 5.75 Å². The molecule has 0 aliphatic carbocycles. The molecule has 1 amide bonds. The van der Waals surface area contributed by atoms with Gasteiger partial charge in [0.15, 0.2) is 6.61 Å². The van der Waals surface area contributed by atoms with Crippen molar-refractivity contribution in [2.45, 2.75) is 25.8 Å². The zero-order valence-corrected chi connectivity index (χ0v) is 13.3. The summed E-state index contributed by atoms with van der Waals surface area (Å²) in [5.41, 5.74) is 1.28. The average molecular weight is 318 g/mol. The van der Waals surface area contributed by atoms with E-state index in [0.717, 1.165) is 12.8 Å². The molecule has 0 aliphatic heterocycles. The Morgan fingerprint density at radius 3 is 2.68 bits per heavy atom. The van der Waals surface area contributed by atoms with Crippen LogP contribution in [0.25, 0.3) is 0 Å². The molecule has 116 valence electrons. The van der Waals surface area contributed by atoms with Gasteiger partial charge in [-0.1, -0.05) is 48.0 Å². The Bertz CT molecular complexity index is 601. The summed E-state index contributed by atoms with van der Waals surface area (Å²) >= 11 is 5.86. The van der Waals surface area contributed by atoms with Crippen LogP contribution in [-0.2, 0) is 11.2 Å². The highest BCUT2D eigenvalue weighted by atomic mass is 35.5. The standard InChI is InChI=1S/C18H20ClNO2/c1-14(10-11-15-6-3-2-4-7-15)20-18(21)13-22-17-9-5-8-16(19)12-17/h2-9,12,14H,10-11,13H2,1H3,(H,20,21). The summed E-state index contributed by atoms with van der Waals surface area (Å²) in [6.45, 7) is 2.00. The first-order valence-corrected chi connectivity index (χ1v) is 7.73. The normalized spacial score (nSPS) is 11.7. The Labute approximate surface area is 136 Å². The maximum absolute atomic E-state index is 11.9. The first-order chi connectivity index (χ1) is 10.6. The molecule has 2 aromatic rings. The van der Waals surface area contributed by atoms with Crippen LogP contribution in [0.3, 0.4) is 0 Å². The van der Waals surface area contributed by atoms with E-state index in [9.17, 15) is 4.79 Å². The van der Waals surface area contributed by atoms with Gasteiger partial charge in [0.25, 0.3) is 5.91 Å². The van der Waals surface area contributed by atoms with Gasteiger partial charge in [-0.25, -0.2) is 0 Å². The molecule has 0 saturated carbocycles. The van der Waals surface area contributed by atoms with Crippen LogP contribution < -0.4 is 10.1 Å². The van der Waals surface area contributed by atoms with Crippen LogP contribution in [0.2, 0.25) is 5.02 Å². The minimum atomic E-state index is -0.125. The van der Waals surface area contributed by atoms with Crippen molar-refractivity contribution in [3.63, 3.8) is 0 Å². The Morgan fingerprint density at radius 1 is 1.18 bits per heavy atom. The number of hydrogen-bond donors (Lipinski definition) is 1. The van der Waals surface area contributed by atoms with Gasteiger partial charge in [-0.3, -0.25) is 4.79 Å². The van der Waals surface area contributed by atoms with Crippen LogP contribution in [-0.4, -0.2) is 18.6 Å². The molecule has 2 rings (SSSR count). The third kappa shape index (κ3) is 5.78. The van der Waals surface area contributed by atoms with E-state index in [0.29, 0.717) is 10.8 Å². The topological polar surface area (TPSA) is 38.3 Å². The Kier molecular flexibility index (Phi) is 6.28. The summed E-state index contributed by atoms with van der Waals surface area (Å²) in [5, 5.41) is 3.53. The number of hydrogen-bond acceptors (Lipinski definition) is 2. The van der Waals surface area contributed by atoms with E-state index >= 15 is 0 Å². The molecule has 4 heteroatoms. The number of halogens is 1.